The van der Waals surface area contributed by atoms with E-state index in [1.165, 1.54) is 0 Å². The van der Waals surface area contributed by atoms with Crippen molar-refractivity contribution in [3.8, 4) is 0 Å². The number of nitrogens with one attached hydrogen (secondary N) is 1. The highest BCUT2D eigenvalue weighted by Crippen LogP contribution is 2.18. The van der Waals surface area contributed by atoms with Gasteiger partial charge in [-0.05, 0) is 19.8 Å². The maximum Gasteiger partial charge on any atom is 0.214 e. The molecular weight excluding hydrogens is 242 g/mol. The zero-order chi connectivity index (χ0) is 12.7. The molecule has 0 spiro atoms. The molecule has 1 fully saturated rings. The lowest BCUT2D eigenvalue weighted by Gasteiger charge is -2.21. The molecule has 0 aromatic heterocycles. The lowest BCUT2D eigenvalue weighted by molar-refractivity contribution is 0.129. The Kier molecular flexibility index (Phi) is 6.40. The van der Waals surface area contributed by atoms with E-state index in [2.05, 4.69) is 4.72 Å². The van der Waals surface area contributed by atoms with E-state index in [1.54, 1.807) is 0 Å². The molecule has 17 heavy (non-hydrogen) atoms. The standard InChI is InChI=1S/C11H23NO4S/c1-2-16-8-9-17(14,15)12-10-6-4-3-5-7-11(10)13/h10-13H,2-9H2,1H3. The third-order valence-electron chi connectivity index (χ3n) is 3.01. The van der Waals surface area contributed by atoms with Crippen molar-refractivity contribution in [2.24, 2.45) is 0 Å². The second-order valence-electron chi connectivity index (χ2n) is 4.45. The molecule has 0 bridgehead atoms. The molecule has 0 aromatic carbocycles. The summed E-state index contributed by atoms with van der Waals surface area (Å²) in [6.45, 7) is 2.55. The third kappa shape index (κ3) is 5.81. The molecule has 5 nitrogen and oxygen atoms in total. The van der Waals surface area contributed by atoms with E-state index >= 15 is 0 Å². The fourth-order valence-corrected chi connectivity index (χ4v) is 3.22. The van der Waals surface area contributed by atoms with Gasteiger partial charge in [0.1, 0.15) is 0 Å². The molecule has 2 N–H and O–H groups in total. The van der Waals surface area contributed by atoms with E-state index in [0.29, 0.717) is 13.0 Å². The number of aliphatic hydroxyl groups excluding tert-OH is 1. The van der Waals surface area contributed by atoms with E-state index in [0.717, 1.165) is 25.7 Å². The molecule has 2 atom stereocenters. The Labute approximate surface area is 104 Å². The van der Waals surface area contributed by atoms with Gasteiger partial charge in [-0.1, -0.05) is 19.3 Å². The summed E-state index contributed by atoms with van der Waals surface area (Å²) in [4.78, 5) is 0. The molecular formula is C11H23NO4S. The number of hydrogen-bond donors (Lipinski definition) is 2. The summed E-state index contributed by atoms with van der Waals surface area (Å²) in [7, 11) is -3.34. The summed E-state index contributed by atoms with van der Waals surface area (Å²) in [6, 6.07) is -0.330. The van der Waals surface area contributed by atoms with Gasteiger partial charge in [0, 0.05) is 12.6 Å². The van der Waals surface area contributed by atoms with Gasteiger partial charge in [-0.25, -0.2) is 13.1 Å². The van der Waals surface area contributed by atoms with Gasteiger partial charge in [0.05, 0.1) is 18.5 Å². The average molecular weight is 265 g/mol. The van der Waals surface area contributed by atoms with Gasteiger partial charge in [-0.3, -0.25) is 0 Å². The summed E-state index contributed by atoms with van der Waals surface area (Å²) >= 11 is 0. The summed E-state index contributed by atoms with van der Waals surface area (Å²) in [5, 5.41) is 9.83. The van der Waals surface area contributed by atoms with E-state index in [-0.39, 0.29) is 18.4 Å². The Morgan fingerprint density at radius 3 is 2.71 bits per heavy atom. The molecule has 6 heteroatoms. The fourth-order valence-electron chi connectivity index (χ4n) is 2.03. The van der Waals surface area contributed by atoms with Gasteiger partial charge in [-0.15, -0.1) is 0 Å². The molecule has 1 saturated carbocycles. The van der Waals surface area contributed by atoms with E-state index in [4.69, 9.17) is 4.74 Å². The van der Waals surface area contributed by atoms with Gasteiger partial charge < -0.3 is 9.84 Å². The van der Waals surface area contributed by atoms with Crippen LogP contribution in [0.1, 0.15) is 39.0 Å². The highest BCUT2D eigenvalue weighted by atomic mass is 32.2. The molecule has 1 rings (SSSR count). The molecule has 0 amide bonds. The van der Waals surface area contributed by atoms with Crippen molar-refractivity contribution in [2.75, 3.05) is 19.0 Å². The Morgan fingerprint density at radius 1 is 1.29 bits per heavy atom. The quantitative estimate of drug-likeness (QED) is 0.546. The first-order chi connectivity index (χ1) is 8.05. The minimum absolute atomic E-state index is 0.0376. The molecule has 102 valence electrons. The summed E-state index contributed by atoms with van der Waals surface area (Å²) in [5.74, 6) is -0.0376. The molecule has 2 unspecified atom stereocenters. The molecule has 0 aliphatic heterocycles. The predicted molar refractivity (Wildman–Crippen MR) is 66.3 cm³/mol. The monoisotopic (exact) mass is 265 g/mol. The van der Waals surface area contributed by atoms with Crippen LogP contribution in [-0.4, -0.2) is 44.6 Å². The zero-order valence-electron chi connectivity index (χ0n) is 10.4. The Balaban J connectivity index is 2.44. The van der Waals surface area contributed by atoms with Gasteiger partial charge in [-0.2, -0.15) is 0 Å². The maximum absolute atomic E-state index is 11.7. The predicted octanol–water partition coefficient (Wildman–Crippen LogP) is 0.636. The fraction of sp³-hybridized carbons (Fsp3) is 1.00. The van der Waals surface area contributed by atoms with Crippen LogP contribution in [0.4, 0.5) is 0 Å². The smallest absolute Gasteiger partial charge is 0.214 e. The number of rotatable bonds is 6. The summed E-state index contributed by atoms with van der Waals surface area (Å²) in [5.41, 5.74) is 0. The maximum atomic E-state index is 11.7. The van der Waals surface area contributed by atoms with Crippen molar-refractivity contribution >= 4 is 10.0 Å². The van der Waals surface area contributed by atoms with Crippen LogP contribution in [0.3, 0.4) is 0 Å². The molecule has 0 heterocycles. The van der Waals surface area contributed by atoms with Gasteiger partial charge in [0.2, 0.25) is 10.0 Å². The highest BCUT2D eigenvalue weighted by molar-refractivity contribution is 7.89. The van der Waals surface area contributed by atoms with Crippen LogP contribution in [0.15, 0.2) is 0 Å². The Hall–Kier alpha value is -0.170. The summed E-state index contributed by atoms with van der Waals surface area (Å²) < 4.78 is 31.1. The molecule has 0 radical (unpaired) electrons. The SMILES string of the molecule is CCOCCS(=O)(=O)NC1CCCCCC1O. The topological polar surface area (TPSA) is 75.6 Å². The Morgan fingerprint density at radius 2 is 2.00 bits per heavy atom. The van der Waals surface area contributed by atoms with Crippen LogP contribution >= 0.6 is 0 Å². The first kappa shape index (κ1) is 14.9. The van der Waals surface area contributed by atoms with Crippen molar-refractivity contribution in [1.82, 2.24) is 4.72 Å². The normalized spacial score (nSPS) is 26.7. The van der Waals surface area contributed by atoms with Gasteiger partial charge in [0.25, 0.3) is 0 Å². The lowest BCUT2D eigenvalue weighted by Crippen LogP contribution is -2.44. The zero-order valence-corrected chi connectivity index (χ0v) is 11.2. The van der Waals surface area contributed by atoms with Crippen LogP contribution in [0.25, 0.3) is 0 Å². The number of ether oxygens (including phenoxy) is 1. The lowest BCUT2D eigenvalue weighted by atomic mass is 10.1. The minimum atomic E-state index is -3.34. The third-order valence-corrected chi connectivity index (χ3v) is 4.38. The van der Waals surface area contributed by atoms with Crippen molar-refractivity contribution in [3.63, 3.8) is 0 Å². The minimum Gasteiger partial charge on any atom is -0.391 e. The second-order valence-corrected chi connectivity index (χ2v) is 6.32. The van der Waals surface area contributed by atoms with Crippen LogP contribution in [0.2, 0.25) is 0 Å². The molecule has 1 aliphatic rings. The van der Waals surface area contributed by atoms with Gasteiger partial charge >= 0.3 is 0 Å². The van der Waals surface area contributed by atoms with Crippen LogP contribution < -0.4 is 4.72 Å². The largest absolute Gasteiger partial charge is 0.391 e. The first-order valence-electron chi connectivity index (χ1n) is 6.31. The first-order valence-corrected chi connectivity index (χ1v) is 7.96. The van der Waals surface area contributed by atoms with Crippen LogP contribution in [0.5, 0.6) is 0 Å². The molecule has 0 aromatic rings. The van der Waals surface area contributed by atoms with Crippen molar-refractivity contribution < 1.29 is 18.3 Å². The second kappa shape index (κ2) is 7.31. The van der Waals surface area contributed by atoms with E-state index in [1.807, 2.05) is 6.92 Å². The van der Waals surface area contributed by atoms with Crippen molar-refractivity contribution in [3.05, 3.63) is 0 Å². The number of sulfonamides is 1. The van der Waals surface area contributed by atoms with E-state index < -0.39 is 16.1 Å². The van der Waals surface area contributed by atoms with E-state index in [9.17, 15) is 13.5 Å². The van der Waals surface area contributed by atoms with Gasteiger partial charge in [0.15, 0.2) is 0 Å². The van der Waals surface area contributed by atoms with Crippen molar-refractivity contribution in [1.29, 1.82) is 0 Å². The molecule has 0 saturated heterocycles. The summed E-state index contributed by atoms with van der Waals surface area (Å²) in [6.07, 6.45) is 3.84. The highest BCUT2D eigenvalue weighted by Gasteiger charge is 2.25. The number of aliphatic hydroxyl groups is 1. The van der Waals surface area contributed by atoms with Crippen molar-refractivity contribution in [2.45, 2.75) is 51.2 Å². The average Bonchev–Trinajstić information content (AvgIpc) is 2.44. The Bertz CT molecular complexity index is 305. The number of hydrogen-bond acceptors (Lipinski definition) is 4. The van der Waals surface area contributed by atoms with Crippen LogP contribution in [0, 0.1) is 0 Å². The molecule has 1 aliphatic carbocycles. The van der Waals surface area contributed by atoms with Crippen LogP contribution in [-0.2, 0) is 14.8 Å².